The van der Waals surface area contributed by atoms with Crippen molar-refractivity contribution < 1.29 is 14.8 Å². The average Bonchev–Trinajstić information content (AvgIpc) is 2.39. The smallest absolute Gasteiger partial charge is 0.329 e. The third-order valence-corrected chi connectivity index (χ3v) is 3.88. The molecule has 0 radical (unpaired) electrons. The first-order valence-corrected chi connectivity index (χ1v) is 6.78. The van der Waals surface area contributed by atoms with Crippen LogP contribution < -0.4 is 5.32 Å². The fourth-order valence-corrected chi connectivity index (χ4v) is 2.75. The molecule has 1 aromatic rings. The monoisotopic (exact) mass is 298 g/mol. The fraction of sp³-hybridized carbons (Fsp3) is 0.462. The Morgan fingerprint density at radius 1 is 1.35 bits per heavy atom. The molecule has 0 aromatic heterocycles. The summed E-state index contributed by atoms with van der Waals surface area (Å²) in [4.78, 5) is 22.1. The van der Waals surface area contributed by atoms with Crippen molar-refractivity contribution in [2.24, 2.45) is 0 Å². The van der Waals surface area contributed by atoms with Gasteiger partial charge in [0, 0.05) is 11.1 Å². The first-order chi connectivity index (χ1) is 9.44. The third kappa shape index (κ3) is 2.85. The summed E-state index contributed by atoms with van der Waals surface area (Å²) in [5, 5.41) is 23.7. The molecule has 1 saturated carbocycles. The van der Waals surface area contributed by atoms with E-state index >= 15 is 0 Å². The van der Waals surface area contributed by atoms with E-state index in [0.717, 1.165) is 19.3 Å². The summed E-state index contributed by atoms with van der Waals surface area (Å²) in [5.41, 5.74) is -1.15. The van der Waals surface area contributed by atoms with Gasteiger partial charge in [0.2, 0.25) is 0 Å². The van der Waals surface area contributed by atoms with E-state index in [2.05, 4.69) is 5.32 Å². The highest BCUT2D eigenvalue weighted by Crippen LogP contribution is 2.36. The molecule has 2 N–H and O–H groups in total. The van der Waals surface area contributed by atoms with Crippen molar-refractivity contribution in [1.82, 2.24) is 0 Å². The van der Waals surface area contributed by atoms with Gasteiger partial charge in [-0.25, -0.2) is 4.79 Å². The first-order valence-electron chi connectivity index (χ1n) is 6.40. The van der Waals surface area contributed by atoms with E-state index in [-0.39, 0.29) is 11.4 Å². The standard InChI is InChI=1S/C13H15ClN2O4/c14-9-4-5-11(16(19)20)10(8-9)15-13(12(17)18)6-2-1-3-7-13/h4-5,8,15H,1-3,6-7H2,(H,17,18). The van der Waals surface area contributed by atoms with E-state index in [1.807, 2.05) is 0 Å². The van der Waals surface area contributed by atoms with Crippen molar-refractivity contribution in [2.45, 2.75) is 37.6 Å². The number of nitro groups is 1. The third-order valence-electron chi connectivity index (χ3n) is 3.65. The van der Waals surface area contributed by atoms with Crippen LogP contribution in [0, 0.1) is 10.1 Å². The van der Waals surface area contributed by atoms with Gasteiger partial charge in [-0.05, 0) is 25.0 Å². The summed E-state index contributed by atoms with van der Waals surface area (Å²) in [6.07, 6.45) is 3.45. The number of hydrogen-bond donors (Lipinski definition) is 2. The van der Waals surface area contributed by atoms with Crippen molar-refractivity contribution >= 4 is 28.9 Å². The molecule has 1 aliphatic rings. The molecule has 0 unspecified atom stereocenters. The lowest BCUT2D eigenvalue weighted by molar-refractivity contribution is -0.384. The molecule has 0 amide bonds. The fourth-order valence-electron chi connectivity index (χ4n) is 2.57. The number of nitrogens with one attached hydrogen (secondary N) is 1. The number of halogens is 1. The lowest BCUT2D eigenvalue weighted by Gasteiger charge is -2.34. The predicted octanol–water partition coefficient (Wildman–Crippen LogP) is 3.45. The second-order valence-electron chi connectivity index (χ2n) is 4.99. The van der Waals surface area contributed by atoms with Gasteiger partial charge in [0.05, 0.1) is 4.92 Å². The molecule has 1 fully saturated rings. The van der Waals surface area contributed by atoms with Crippen LogP contribution in [0.1, 0.15) is 32.1 Å². The maximum absolute atomic E-state index is 11.6. The molecule has 0 heterocycles. The SMILES string of the molecule is O=C(O)C1(Nc2cc(Cl)ccc2[N+](=O)[O-])CCCCC1. The molecule has 0 bridgehead atoms. The van der Waals surface area contributed by atoms with E-state index in [1.54, 1.807) is 0 Å². The van der Waals surface area contributed by atoms with E-state index in [4.69, 9.17) is 11.6 Å². The second-order valence-corrected chi connectivity index (χ2v) is 5.43. The normalized spacial score (nSPS) is 17.4. The summed E-state index contributed by atoms with van der Waals surface area (Å²) in [6.45, 7) is 0. The van der Waals surface area contributed by atoms with Crippen LogP contribution in [0.5, 0.6) is 0 Å². The van der Waals surface area contributed by atoms with Gasteiger partial charge in [0.25, 0.3) is 5.69 Å². The van der Waals surface area contributed by atoms with Gasteiger partial charge in [-0.3, -0.25) is 10.1 Å². The van der Waals surface area contributed by atoms with E-state index < -0.39 is 16.4 Å². The summed E-state index contributed by atoms with van der Waals surface area (Å²) < 4.78 is 0. The Bertz CT molecular complexity index is 541. The number of hydrogen-bond acceptors (Lipinski definition) is 4. The molecule has 0 atom stereocenters. The van der Waals surface area contributed by atoms with Gasteiger partial charge >= 0.3 is 5.97 Å². The van der Waals surface area contributed by atoms with E-state index in [1.165, 1.54) is 18.2 Å². The Morgan fingerprint density at radius 2 is 2.00 bits per heavy atom. The highest BCUT2D eigenvalue weighted by atomic mass is 35.5. The number of benzene rings is 1. The lowest BCUT2D eigenvalue weighted by Crippen LogP contribution is -2.48. The summed E-state index contributed by atoms with van der Waals surface area (Å²) in [6, 6.07) is 4.10. The highest BCUT2D eigenvalue weighted by Gasteiger charge is 2.40. The maximum Gasteiger partial charge on any atom is 0.329 e. The molecule has 20 heavy (non-hydrogen) atoms. The van der Waals surface area contributed by atoms with Gasteiger partial charge in [0.15, 0.2) is 0 Å². The van der Waals surface area contributed by atoms with E-state index in [9.17, 15) is 20.0 Å². The minimum atomic E-state index is -1.15. The van der Waals surface area contributed by atoms with Crippen molar-refractivity contribution in [1.29, 1.82) is 0 Å². The van der Waals surface area contributed by atoms with Crippen LogP contribution >= 0.6 is 11.6 Å². The van der Waals surface area contributed by atoms with Gasteiger partial charge in [-0.15, -0.1) is 0 Å². The molecule has 0 aliphatic heterocycles. The molecule has 108 valence electrons. The zero-order valence-electron chi connectivity index (χ0n) is 10.8. The molecule has 6 nitrogen and oxygen atoms in total. The Morgan fingerprint density at radius 3 is 2.55 bits per heavy atom. The second kappa shape index (κ2) is 5.66. The number of nitrogens with zero attached hydrogens (tertiary/aromatic N) is 1. The molecule has 7 heteroatoms. The average molecular weight is 299 g/mol. The highest BCUT2D eigenvalue weighted by molar-refractivity contribution is 6.31. The molecule has 0 saturated heterocycles. The molecule has 1 aliphatic carbocycles. The largest absolute Gasteiger partial charge is 0.480 e. The van der Waals surface area contributed by atoms with Gasteiger partial charge in [-0.2, -0.15) is 0 Å². The Kier molecular flexibility index (Phi) is 4.13. The van der Waals surface area contributed by atoms with Crippen molar-refractivity contribution in [3.63, 3.8) is 0 Å². The van der Waals surface area contributed by atoms with Crippen molar-refractivity contribution in [2.75, 3.05) is 5.32 Å². The van der Waals surface area contributed by atoms with Crippen LogP contribution in [0.4, 0.5) is 11.4 Å². The molecule has 0 spiro atoms. The van der Waals surface area contributed by atoms with Crippen LogP contribution in [-0.2, 0) is 4.79 Å². The molecular weight excluding hydrogens is 284 g/mol. The summed E-state index contributed by atoms with van der Waals surface area (Å²) in [5.74, 6) is -0.980. The number of carbonyl (C=O) groups is 1. The summed E-state index contributed by atoms with van der Waals surface area (Å²) >= 11 is 5.85. The van der Waals surface area contributed by atoms with Gasteiger partial charge in [0.1, 0.15) is 11.2 Å². The number of carboxylic acids is 1. The molecule has 1 aromatic carbocycles. The van der Waals surface area contributed by atoms with Gasteiger partial charge < -0.3 is 10.4 Å². The zero-order valence-corrected chi connectivity index (χ0v) is 11.5. The van der Waals surface area contributed by atoms with Crippen LogP contribution in [0.3, 0.4) is 0 Å². The topological polar surface area (TPSA) is 92.5 Å². The number of rotatable bonds is 4. The van der Waals surface area contributed by atoms with E-state index in [0.29, 0.717) is 17.9 Å². The lowest BCUT2D eigenvalue weighted by atomic mass is 9.81. The minimum Gasteiger partial charge on any atom is -0.480 e. The number of nitro benzene ring substituents is 1. The quantitative estimate of drug-likeness (QED) is 0.656. The van der Waals surface area contributed by atoms with Crippen LogP contribution in [0.2, 0.25) is 5.02 Å². The minimum absolute atomic E-state index is 0.159. The van der Waals surface area contributed by atoms with Crippen LogP contribution in [0.25, 0.3) is 0 Å². The number of aliphatic carboxylic acids is 1. The van der Waals surface area contributed by atoms with Crippen LogP contribution in [0.15, 0.2) is 18.2 Å². The number of anilines is 1. The van der Waals surface area contributed by atoms with Crippen molar-refractivity contribution in [3.8, 4) is 0 Å². The predicted molar refractivity (Wildman–Crippen MR) is 75.2 cm³/mol. The Labute approximate surface area is 120 Å². The first kappa shape index (κ1) is 14.6. The van der Waals surface area contributed by atoms with Crippen LogP contribution in [-0.4, -0.2) is 21.5 Å². The molecule has 2 rings (SSSR count). The van der Waals surface area contributed by atoms with Gasteiger partial charge in [-0.1, -0.05) is 30.9 Å². The zero-order chi connectivity index (χ0) is 14.8. The Hall–Kier alpha value is -1.82. The Balaban J connectivity index is 2.38. The molecular formula is C13H15ClN2O4. The van der Waals surface area contributed by atoms with Crippen molar-refractivity contribution in [3.05, 3.63) is 33.3 Å². The summed E-state index contributed by atoms with van der Waals surface area (Å²) in [7, 11) is 0. The maximum atomic E-state index is 11.6. The number of carboxylic acid groups (broad SMARTS) is 1.